The topological polar surface area (TPSA) is 77.3 Å². The van der Waals surface area contributed by atoms with Crippen LogP contribution >= 0.6 is 0 Å². The van der Waals surface area contributed by atoms with Crippen LogP contribution < -0.4 is 0 Å². The number of rotatable bonds is 5. The molecule has 7 rings (SSSR count). The van der Waals surface area contributed by atoms with Crippen LogP contribution in [0.25, 0.3) is 56.7 Å². The molecule has 0 N–H and O–H groups in total. The minimum absolute atomic E-state index is 0. The van der Waals surface area contributed by atoms with Gasteiger partial charge < -0.3 is 0 Å². The summed E-state index contributed by atoms with van der Waals surface area (Å²) >= 11 is 0. The second-order valence-corrected chi connectivity index (χ2v) is 10.3. The van der Waals surface area contributed by atoms with Gasteiger partial charge in [0, 0.05) is 24.8 Å². The van der Waals surface area contributed by atoms with Crippen molar-refractivity contribution in [3.8, 4) is 56.7 Å². The van der Waals surface area contributed by atoms with Crippen molar-refractivity contribution in [3.63, 3.8) is 0 Å². The maximum absolute atomic E-state index is 4.79. The molecule has 0 atom stereocenters. The van der Waals surface area contributed by atoms with Gasteiger partial charge in [0.25, 0.3) is 0 Å². The molecule has 0 radical (unpaired) electrons. The van der Waals surface area contributed by atoms with Crippen molar-refractivity contribution < 1.29 is 17.1 Å². The fourth-order valence-electron chi connectivity index (χ4n) is 4.69. The summed E-state index contributed by atoms with van der Waals surface area (Å²) in [5, 5.41) is 0. The summed E-state index contributed by atoms with van der Waals surface area (Å²) < 4.78 is 0. The Labute approximate surface area is 273 Å². The molecule has 6 nitrogen and oxygen atoms in total. The summed E-state index contributed by atoms with van der Waals surface area (Å²) in [5.41, 5.74) is 11.6. The molecule has 0 bridgehead atoms. The summed E-state index contributed by atoms with van der Waals surface area (Å²) in [7, 11) is 0. The standard InChI is InChI=1S/C22H17N3.C16H13N3.Fe/c1-16-8-10-17(11-9-16)18-14-21(19-6-2-4-12-23-19)25-22(15-18)20-7-3-5-13-24-20;1-12-10-15(13-6-2-4-8-17-13)19-16(11-12)14-7-3-5-9-18-14;/h2-15H,1H3;2-11H,1H3;/q;;+2. The molecule has 0 aliphatic rings. The van der Waals surface area contributed by atoms with Crippen LogP contribution in [0.2, 0.25) is 0 Å². The van der Waals surface area contributed by atoms with Crippen molar-refractivity contribution in [1.29, 1.82) is 0 Å². The Morgan fingerprint density at radius 1 is 0.333 bits per heavy atom. The molecule has 6 aromatic heterocycles. The van der Waals surface area contributed by atoms with E-state index in [1.165, 1.54) is 5.56 Å². The zero-order valence-electron chi connectivity index (χ0n) is 24.9. The molecule has 0 spiro atoms. The predicted molar refractivity (Wildman–Crippen MR) is 176 cm³/mol. The molecule has 7 heteroatoms. The summed E-state index contributed by atoms with van der Waals surface area (Å²) in [5.74, 6) is 0. The monoisotopic (exact) mass is 626 g/mol. The largest absolute Gasteiger partial charge is 2.00 e. The maximum atomic E-state index is 4.79. The van der Waals surface area contributed by atoms with E-state index >= 15 is 0 Å². The van der Waals surface area contributed by atoms with Crippen molar-refractivity contribution in [3.05, 3.63) is 157 Å². The van der Waals surface area contributed by atoms with Gasteiger partial charge in [-0.1, -0.05) is 54.1 Å². The van der Waals surface area contributed by atoms with E-state index in [4.69, 9.17) is 4.98 Å². The van der Waals surface area contributed by atoms with Crippen LogP contribution in [0, 0.1) is 13.8 Å². The third-order valence-electron chi connectivity index (χ3n) is 6.89. The normalized spacial score (nSPS) is 10.3. The van der Waals surface area contributed by atoms with Crippen molar-refractivity contribution in [2.75, 3.05) is 0 Å². The van der Waals surface area contributed by atoms with Gasteiger partial charge in [-0.2, -0.15) is 0 Å². The summed E-state index contributed by atoms with van der Waals surface area (Å²) in [6, 6.07) is 40.1. The van der Waals surface area contributed by atoms with Crippen molar-refractivity contribution in [2.45, 2.75) is 13.8 Å². The van der Waals surface area contributed by atoms with Gasteiger partial charge in [0.05, 0.1) is 45.6 Å². The molecular formula is C38H30FeN6+2. The number of benzene rings is 1. The molecule has 0 aliphatic carbocycles. The Balaban J connectivity index is 0.000000180. The minimum atomic E-state index is 0. The van der Waals surface area contributed by atoms with E-state index < -0.39 is 0 Å². The molecule has 0 fully saturated rings. The van der Waals surface area contributed by atoms with Gasteiger partial charge in [0.15, 0.2) is 0 Å². The van der Waals surface area contributed by atoms with Crippen LogP contribution in [0.5, 0.6) is 0 Å². The molecule has 0 unspecified atom stereocenters. The Bertz CT molecular complexity index is 1840. The third-order valence-corrected chi connectivity index (χ3v) is 6.89. The molecule has 6 heterocycles. The molecule has 0 aliphatic heterocycles. The van der Waals surface area contributed by atoms with Gasteiger partial charge in [0.1, 0.15) is 0 Å². The number of nitrogens with zero attached hydrogens (tertiary/aromatic N) is 6. The second-order valence-electron chi connectivity index (χ2n) is 10.3. The SMILES string of the molecule is Cc1cc(-c2ccccn2)nc(-c2ccccn2)c1.Cc1ccc(-c2cc(-c3ccccn3)nc(-c3ccccn3)c2)cc1.[Fe+2]. The van der Waals surface area contributed by atoms with Crippen LogP contribution in [-0.2, 0) is 17.1 Å². The molecule has 45 heavy (non-hydrogen) atoms. The van der Waals surface area contributed by atoms with Gasteiger partial charge in [0.2, 0.25) is 0 Å². The van der Waals surface area contributed by atoms with Gasteiger partial charge in [-0.3, -0.25) is 19.9 Å². The quantitative estimate of drug-likeness (QED) is 0.178. The minimum Gasteiger partial charge on any atom is -0.255 e. The fourth-order valence-corrected chi connectivity index (χ4v) is 4.69. The first-order valence-corrected chi connectivity index (χ1v) is 14.4. The summed E-state index contributed by atoms with van der Waals surface area (Å²) in [6.45, 7) is 4.15. The van der Waals surface area contributed by atoms with Gasteiger partial charge in [-0.15, -0.1) is 0 Å². The number of pyridine rings is 6. The van der Waals surface area contributed by atoms with Gasteiger partial charge in [-0.05, 0) is 103 Å². The average Bonchev–Trinajstić information content (AvgIpc) is 3.10. The number of aryl methyl sites for hydroxylation is 2. The van der Waals surface area contributed by atoms with Crippen LogP contribution in [0.4, 0.5) is 0 Å². The first kappa shape index (κ1) is 31.1. The molecule has 218 valence electrons. The van der Waals surface area contributed by atoms with Crippen LogP contribution in [0.3, 0.4) is 0 Å². The van der Waals surface area contributed by atoms with Crippen molar-refractivity contribution in [2.24, 2.45) is 0 Å². The van der Waals surface area contributed by atoms with E-state index in [1.54, 1.807) is 24.8 Å². The first-order chi connectivity index (χ1) is 21.6. The van der Waals surface area contributed by atoms with Crippen molar-refractivity contribution >= 4 is 0 Å². The number of aromatic nitrogens is 6. The zero-order valence-corrected chi connectivity index (χ0v) is 26.0. The Kier molecular flexibility index (Phi) is 10.3. The molecule has 7 aromatic rings. The zero-order chi connectivity index (χ0) is 30.1. The Morgan fingerprint density at radius 3 is 1.02 bits per heavy atom. The molecule has 0 amide bonds. The van der Waals surface area contributed by atoms with Gasteiger partial charge in [-0.25, -0.2) is 9.97 Å². The third kappa shape index (κ3) is 7.98. The van der Waals surface area contributed by atoms with E-state index in [-0.39, 0.29) is 17.1 Å². The van der Waals surface area contributed by atoms with E-state index in [2.05, 4.69) is 75.2 Å². The average molecular weight is 627 g/mol. The second kappa shape index (κ2) is 14.9. The summed E-state index contributed by atoms with van der Waals surface area (Å²) in [4.78, 5) is 27.0. The van der Waals surface area contributed by atoms with E-state index in [1.807, 2.05) is 84.9 Å². The van der Waals surface area contributed by atoms with Gasteiger partial charge >= 0.3 is 17.1 Å². The van der Waals surface area contributed by atoms with Crippen LogP contribution in [-0.4, -0.2) is 29.9 Å². The first-order valence-electron chi connectivity index (χ1n) is 14.4. The predicted octanol–water partition coefficient (Wildman–Crippen LogP) is 8.69. The molecule has 0 saturated carbocycles. The molecule has 0 saturated heterocycles. The van der Waals surface area contributed by atoms with E-state index in [0.717, 1.165) is 62.2 Å². The summed E-state index contributed by atoms with van der Waals surface area (Å²) in [6.07, 6.45) is 7.13. The van der Waals surface area contributed by atoms with Crippen LogP contribution in [0.1, 0.15) is 11.1 Å². The number of hydrogen-bond donors (Lipinski definition) is 0. The maximum Gasteiger partial charge on any atom is 2.00 e. The fraction of sp³-hybridized carbons (Fsp3) is 0.0526. The Morgan fingerprint density at radius 2 is 0.689 bits per heavy atom. The van der Waals surface area contributed by atoms with E-state index in [0.29, 0.717) is 0 Å². The smallest absolute Gasteiger partial charge is 0.255 e. The number of hydrogen-bond acceptors (Lipinski definition) is 6. The van der Waals surface area contributed by atoms with E-state index in [9.17, 15) is 0 Å². The Hall–Kier alpha value is -5.36. The molecule has 1 aromatic carbocycles. The van der Waals surface area contributed by atoms with Crippen LogP contribution in [0.15, 0.2) is 146 Å². The molecular weight excluding hydrogens is 596 g/mol. The van der Waals surface area contributed by atoms with Crippen molar-refractivity contribution in [1.82, 2.24) is 29.9 Å².